The SMILES string of the molecule is CCOc1ccc(C(NN)C(OCC)C(C)C)cc1. The Balaban J connectivity index is 2.88. The van der Waals surface area contributed by atoms with Gasteiger partial charge in [0.1, 0.15) is 5.75 Å². The fraction of sp³-hybridized carbons (Fsp3) is 0.600. The molecule has 1 rings (SSSR count). The molecule has 0 spiro atoms. The zero-order valence-corrected chi connectivity index (χ0v) is 12.3. The Morgan fingerprint density at radius 1 is 1.11 bits per heavy atom. The second-order valence-corrected chi connectivity index (χ2v) is 4.81. The van der Waals surface area contributed by atoms with Crippen molar-refractivity contribution >= 4 is 0 Å². The van der Waals surface area contributed by atoms with Crippen molar-refractivity contribution in [2.75, 3.05) is 13.2 Å². The summed E-state index contributed by atoms with van der Waals surface area (Å²) in [4.78, 5) is 0. The van der Waals surface area contributed by atoms with E-state index in [1.807, 2.05) is 38.1 Å². The molecule has 0 aliphatic heterocycles. The van der Waals surface area contributed by atoms with E-state index in [1.54, 1.807) is 0 Å². The van der Waals surface area contributed by atoms with Crippen LogP contribution in [0, 0.1) is 5.92 Å². The molecule has 0 saturated carbocycles. The number of nitrogens with two attached hydrogens (primary N) is 1. The van der Waals surface area contributed by atoms with Crippen molar-refractivity contribution in [3.8, 4) is 5.75 Å². The summed E-state index contributed by atoms with van der Waals surface area (Å²) >= 11 is 0. The lowest BCUT2D eigenvalue weighted by Crippen LogP contribution is -2.40. The molecule has 1 aromatic carbocycles. The van der Waals surface area contributed by atoms with E-state index < -0.39 is 0 Å². The van der Waals surface area contributed by atoms with Gasteiger partial charge in [-0.05, 0) is 37.5 Å². The lowest BCUT2D eigenvalue weighted by Gasteiger charge is -2.30. The van der Waals surface area contributed by atoms with Crippen LogP contribution >= 0.6 is 0 Å². The highest BCUT2D eigenvalue weighted by molar-refractivity contribution is 5.29. The van der Waals surface area contributed by atoms with Crippen molar-refractivity contribution in [2.45, 2.75) is 39.8 Å². The van der Waals surface area contributed by atoms with E-state index in [9.17, 15) is 0 Å². The van der Waals surface area contributed by atoms with Crippen molar-refractivity contribution in [1.29, 1.82) is 0 Å². The molecule has 19 heavy (non-hydrogen) atoms. The van der Waals surface area contributed by atoms with Gasteiger partial charge in [-0.3, -0.25) is 11.3 Å². The molecule has 2 unspecified atom stereocenters. The van der Waals surface area contributed by atoms with E-state index in [1.165, 1.54) is 0 Å². The Morgan fingerprint density at radius 3 is 2.16 bits per heavy atom. The zero-order chi connectivity index (χ0) is 14.3. The van der Waals surface area contributed by atoms with Gasteiger partial charge < -0.3 is 9.47 Å². The number of hydrogen-bond donors (Lipinski definition) is 2. The van der Waals surface area contributed by atoms with Gasteiger partial charge in [-0.15, -0.1) is 0 Å². The van der Waals surface area contributed by atoms with Crippen LogP contribution in [-0.4, -0.2) is 19.3 Å². The fourth-order valence-corrected chi connectivity index (χ4v) is 2.18. The maximum Gasteiger partial charge on any atom is 0.119 e. The molecule has 0 aliphatic carbocycles. The molecule has 4 heteroatoms. The van der Waals surface area contributed by atoms with Crippen LogP contribution in [-0.2, 0) is 4.74 Å². The van der Waals surface area contributed by atoms with Crippen LogP contribution < -0.4 is 16.0 Å². The summed E-state index contributed by atoms with van der Waals surface area (Å²) in [5.74, 6) is 6.97. The first kappa shape index (κ1) is 16.0. The molecule has 0 heterocycles. The molecule has 0 aliphatic rings. The molecule has 0 fully saturated rings. The first-order chi connectivity index (χ1) is 9.13. The summed E-state index contributed by atoms with van der Waals surface area (Å²) in [7, 11) is 0. The lowest BCUT2D eigenvalue weighted by molar-refractivity contribution is 0.00276. The summed E-state index contributed by atoms with van der Waals surface area (Å²) in [6, 6.07) is 7.97. The third-order valence-corrected chi connectivity index (χ3v) is 3.07. The van der Waals surface area contributed by atoms with Crippen molar-refractivity contribution < 1.29 is 9.47 Å². The minimum absolute atomic E-state index is 0.0179. The molecule has 108 valence electrons. The van der Waals surface area contributed by atoms with E-state index in [-0.39, 0.29) is 12.1 Å². The van der Waals surface area contributed by atoms with Gasteiger partial charge in [0.2, 0.25) is 0 Å². The van der Waals surface area contributed by atoms with Crippen molar-refractivity contribution in [3.05, 3.63) is 29.8 Å². The second-order valence-electron chi connectivity index (χ2n) is 4.81. The monoisotopic (exact) mass is 266 g/mol. The highest BCUT2D eigenvalue weighted by Crippen LogP contribution is 2.25. The number of rotatable bonds is 8. The largest absolute Gasteiger partial charge is 0.494 e. The first-order valence-electron chi connectivity index (χ1n) is 6.94. The molecule has 0 bridgehead atoms. The molecule has 4 nitrogen and oxygen atoms in total. The van der Waals surface area contributed by atoms with Gasteiger partial charge in [-0.1, -0.05) is 26.0 Å². The van der Waals surface area contributed by atoms with Crippen LogP contribution in [0.1, 0.15) is 39.3 Å². The van der Waals surface area contributed by atoms with E-state index >= 15 is 0 Å². The third-order valence-electron chi connectivity index (χ3n) is 3.07. The number of hydrazine groups is 1. The van der Waals surface area contributed by atoms with Gasteiger partial charge in [-0.25, -0.2) is 0 Å². The highest BCUT2D eigenvalue weighted by atomic mass is 16.5. The van der Waals surface area contributed by atoms with Gasteiger partial charge in [0.25, 0.3) is 0 Å². The van der Waals surface area contributed by atoms with Crippen molar-refractivity contribution in [2.24, 2.45) is 11.8 Å². The minimum atomic E-state index is -0.0179. The quantitative estimate of drug-likeness (QED) is 0.561. The topological polar surface area (TPSA) is 56.5 Å². The molecule has 3 N–H and O–H groups in total. The minimum Gasteiger partial charge on any atom is -0.494 e. The number of hydrogen-bond acceptors (Lipinski definition) is 4. The maximum atomic E-state index is 5.81. The molecular weight excluding hydrogens is 240 g/mol. The molecule has 2 atom stereocenters. The predicted octanol–water partition coefficient (Wildman–Crippen LogP) is 2.65. The average Bonchev–Trinajstić information content (AvgIpc) is 2.40. The molecule has 0 radical (unpaired) electrons. The van der Waals surface area contributed by atoms with Crippen LogP contribution in [0.4, 0.5) is 0 Å². The lowest BCUT2D eigenvalue weighted by atomic mass is 9.94. The van der Waals surface area contributed by atoms with Crippen LogP contribution in [0.2, 0.25) is 0 Å². The highest BCUT2D eigenvalue weighted by Gasteiger charge is 2.25. The average molecular weight is 266 g/mol. The van der Waals surface area contributed by atoms with E-state index in [2.05, 4.69) is 19.3 Å². The van der Waals surface area contributed by atoms with Gasteiger partial charge in [0, 0.05) is 6.61 Å². The Hall–Kier alpha value is -1.10. The first-order valence-corrected chi connectivity index (χ1v) is 6.94. The van der Waals surface area contributed by atoms with E-state index in [4.69, 9.17) is 15.3 Å². The van der Waals surface area contributed by atoms with Gasteiger partial charge in [0.15, 0.2) is 0 Å². The normalized spacial score (nSPS) is 14.4. The zero-order valence-electron chi connectivity index (χ0n) is 12.3. The van der Waals surface area contributed by atoms with Gasteiger partial charge in [-0.2, -0.15) is 0 Å². The van der Waals surface area contributed by atoms with Crippen LogP contribution in [0.15, 0.2) is 24.3 Å². The molecule has 1 aromatic rings. The van der Waals surface area contributed by atoms with Gasteiger partial charge >= 0.3 is 0 Å². The number of ether oxygens (including phenoxy) is 2. The summed E-state index contributed by atoms with van der Waals surface area (Å²) in [6.45, 7) is 9.60. The number of benzene rings is 1. The van der Waals surface area contributed by atoms with Crippen LogP contribution in [0.25, 0.3) is 0 Å². The van der Waals surface area contributed by atoms with Crippen LogP contribution in [0.5, 0.6) is 5.75 Å². The summed E-state index contributed by atoms with van der Waals surface area (Å²) in [5, 5.41) is 0. The smallest absolute Gasteiger partial charge is 0.119 e. The Bertz CT molecular complexity index is 352. The Labute approximate surface area is 116 Å². The van der Waals surface area contributed by atoms with Crippen molar-refractivity contribution in [3.63, 3.8) is 0 Å². The summed E-state index contributed by atoms with van der Waals surface area (Å²) in [6.07, 6.45) is 0.0490. The van der Waals surface area contributed by atoms with Crippen LogP contribution in [0.3, 0.4) is 0 Å². The van der Waals surface area contributed by atoms with Gasteiger partial charge in [0.05, 0.1) is 18.8 Å². The van der Waals surface area contributed by atoms with Crippen molar-refractivity contribution in [1.82, 2.24) is 5.43 Å². The number of nitrogens with one attached hydrogen (secondary N) is 1. The Kier molecular flexibility index (Phi) is 6.84. The third kappa shape index (κ3) is 4.49. The summed E-state index contributed by atoms with van der Waals surface area (Å²) in [5.41, 5.74) is 3.98. The predicted molar refractivity (Wildman–Crippen MR) is 77.9 cm³/mol. The Morgan fingerprint density at radius 2 is 1.74 bits per heavy atom. The molecular formula is C15H26N2O2. The molecule has 0 amide bonds. The molecule has 0 aromatic heterocycles. The standard InChI is InChI=1S/C15H26N2O2/c1-5-18-13-9-7-12(8-10-13)14(17-16)15(11(3)4)19-6-2/h7-11,14-15,17H,5-6,16H2,1-4H3. The second kappa shape index (κ2) is 8.15. The van der Waals surface area contributed by atoms with E-state index in [0.717, 1.165) is 11.3 Å². The fourth-order valence-electron chi connectivity index (χ4n) is 2.18. The maximum absolute atomic E-state index is 5.81. The van der Waals surface area contributed by atoms with E-state index in [0.29, 0.717) is 19.1 Å². The summed E-state index contributed by atoms with van der Waals surface area (Å²) < 4.78 is 11.3. The molecule has 0 saturated heterocycles.